The monoisotopic (exact) mass is 278 g/mol. The molecule has 0 spiro atoms. The van der Waals surface area contributed by atoms with E-state index < -0.39 is 0 Å². The molecule has 2 aromatic carbocycles. The molecule has 1 unspecified atom stereocenters. The number of ether oxygens (including phenoxy) is 1. The van der Waals surface area contributed by atoms with Gasteiger partial charge in [0.2, 0.25) is 0 Å². The van der Waals surface area contributed by atoms with Crippen molar-refractivity contribution in [3.63, 3.8) is 0 Å². The summed E-state index contributed by atoms with van der Waals surface area (Å²) in [7, 11) is 0. The lowest BCUT2D eigenvalue weighted by Crippen LogP contribution is -1.99. The Morgan fingerprint density at radius 3 is 2.42 bits per heavy atom. The quantitative estimate of drug-likeness (QED) is 0.717. The molecule has 2 rings (SSSR count). The molecule has 0 aromatic heterocycles. The molecule has 19 heavy (non-hydrogen) atoms. The zero-order valence-electron chi connectivity index (χ0n) is 10.8. The summed E-state index contributed by atoms with van der Waals surface area (Å²) in [5, 5.41) is -0.243. The van der Waals surface area contributed by atoms with E-state index in [1.165, 1.54) is 6.07 Å². The van der Waals surface area contributed by atoms with Gasteiger partial charge in [0.15, 0.2) is 0 Å². The van der Waals surface area contributed by atoms with Gasteiger partial charge in [0.05, 0.1) is 12.0 Å². The van der Waals surface area contributed by atoms with E-state index >= 15 is 0 Å². The van der Waals surface area contributed by atoms with Crippen molar-refractivity contribution in [3.05, 3.63) is 65.5 Å². The van der Waals surface area contributed by atoms with Crippen LogP contribution in [0.2, 0.25) is 0 Å². The highest BCUT2D eigenvalue weighted by atomic mass is 35.5. The molecule has 2 aromatic rings. The van der Waals surface area contributed by atoms with Crippen LogP contribution in [0.15, 0.2) is 48.5 Å². The van der Waals surface area contributed by atoms with Gasteiger partial charge in [-0.2, -0.15) is 0 Å². The number of hydrogen-bond acceptors (Lipinski definition) is 1. The number of alkyl halides is 1. The Morgan fingerprint density at radius 2 is 1.79 bits per heavy atom. The van der Waals surface area contributed by atoms with Gasteiger partial charge in [0, 0.05) is 0 Å². The van der Waals surface area contributed by atoms with Crippen LogP contribution in [0.4, 0.5) is 4.39 Å². The average Bonchev–Trinajstić information content (AvgIpc) is 2.42. The molecule has 0 aliphatic rings. The predicted molar refractivity (Wildman–Crippen MR) is 76.3 cm³/mol. The zero-order chi connectivity index (χ0) is 13.7. The minimum atomic E-state index is -0.243. The van der Waals surface area contributed by atoms with Crippen molar-refractivity contribution in [2.75, 3.05) is 6.61 Å². The molecule has 0 amide bonds. The molecule has 0 bridgehead atoms. The van der Waals surface area contributed by atoms with Gasteiger partial charge in [-0.15, -0.1) is 11.6 Å². The van der Waals surface area contributed by atoms with Crippen LogP contribution in [0.5, 0.6) is 5.75 Å². The minimum Gasteiger partial charge on any atom is -0.494 e. The Hall–Kier alpha value is -1.54. The smallest absolute Gasteiger partial charge is 0.126 e. The van der Waals surface area contributed by atoms with Crippen molar-refractivity contribution in [1.82, 2.24) is 0 Å². The molecule has 1 nitrogen and oxygen atoms in total. The summed E-state index contributed by atoms with van der Waals surface area (Å²) in [5.41, 5.74) is 1.60. The van der Waals surface area contributed by atoms with Crippen molar-refractivity contribution in [2.24, 2.45) is 0 Å². The molecule has 0 saturated carbocycles. The third kappa shape index (κ3) is 3.71. The first-order valence-corrected chi connectivity index (χ1v) is 6.74. The molecule has 0 heterocycles. The predicted octanol–water partition coefficient (Wildman–Crippen LogP) is 4.75. The first kappa shape index (κ1) is 13.9. The first-order valence-electron chi connectivity index (χ1n) is 6.31. The summed E-state index contributed by atoms with van der Waals surface area (Å²) in [6, 6.07) is 14.3. The highest BCUT2D eigenvalue weighted by Gasteiger charge is 2.11. The van der Waals surface area contributed by atoms with Gasteiger partial charge >= 0.3 is 0 Å². The van der Waals surface area contributed by atoms with Crippen LogP contribution < -0.4 is 4.74 Å². The summed E-state index contributed by atoms with van der Waals surface area (Å²) in [6.07, 6.45) is 0.474. The van der Waals surface area contributed by atoms with Crippen molar-refractivity contribution >= 4 is 11.6 Å². The number of rotatable bonds is 5. The van der Waals surface area contributed by atoms with E-state index in [0.29, 0.717) is 18.6 Å². The van der Waals surface area contributed by atoms with E-state index in [1.807, 2.05) is 37.3 Å². The maximum atomic E-state index is 13.6. The second kappa shape index (κ2) is 6.58. The van der Waals surface area contributed by atoms with Crippen molar-refractivity contribution < 1.29 is 9.13 Å². The Labute approximate surface area is 118 Å². The highest BCUT2D eigenvalue weighted by molar-refractivity contribution is 6.20. The van der Waals surface area contributed by atoms with E-state index in [0.717, 1.165) is 11.3 Å². The normalized spacial score (nSPS) is 12.2. The molecule has 0 radical (unpaired) electrons. The van der Waals surface area contributed by atoms with Crippen LogP contribution in [0, 0.1) is 5.82 Å². The van der Waals surface area contributed by atoms with Crippen LogP contribution in [0.25, 0.3) is 0 Å². The maximum Gasteiger partial charge on any atom is 0.126 e. The van der Waals surface area contributed by atoms with E-state index in [9.17, 15) is 4.39 Å². The SMILES string of the molecule is CCOc1ccc(C(Cl)Cc2ccccc2F)cc1. The summed E-state index contributed by atoms with van der Waals surface area (Å²) in [5.74, 6) is 0.611. The Bertz CT molecular complexity index is 525. The van der Waals surface area contributed by atoms with Crippen LogP contribution in [-0.2, 0) is 6.42 Å². The fourth-order valence-corrected chi connectivity index (χ4v) is 2.23. The molecule has 100 valence electrons. The summed E-state index contributed by atoms with van der Waals surface area (Å²) < 4.78 is 18.9. The summed E-state index contributed by atoms with van der Waals surface area (Å²) in [4.78, 5) is 0. The molecule has 0 saturated heterocycles. The summed E-state index contributed by atoms with van der Waals surface area (Å²) in [6.45, 7) is 2.58. The molecule has 0 N–H and O–H groups in total. The lowest BCUT2D eigenvalue weighted by Gasteiger charge is -2.11. The van der Waals surface area contributed by atoms with E-state index in [4.69, 9.17) is 16.3 Å². The molecule has 1 atom stereocenters. The highest BCUT2D eigenvalue weighted by Crippen LogP contribution is 2.27. The molecule has 0 aliphatic heterocycles. The van der Waals surface area contributed by atoms with Gasteiger partial charge in [-0.05, 0) is 42.7 Å². The Balaban J connectivity index is 2.07. The molecule has 0 aliphatic carbocycles. The number of halogens is 2. The first-order chi connectivity index (χ1) is 9.20. The Kier molecular flexibility index (Phi) is 4.80. The van der Waals surface area contributed by atoms with Crippen LogP contribution in [0.1, 0.15) is 23.4 Å². The third-order valence-electron chi connectivity index (χ3n) is 2.91. The topological polar surface area (TPSA) is 9.23 Å². The fourth-order valence-electron chi connectivity index (χ4n) is 1.91. The van der Waals surface area contributed by atoms with Gasteiger partial charge in [-0.3, -0.25) is 0 Å². The van der Waals surface area contributed by atoms with Gasteiger partial charge in [0.1, 0.15) is 11.6 Å². The molecule has 3 heteroatoms. The van der Waals surface area contributed by atoms with E-state index in [2.05, 4.69) is 0 Å². The lowest BCUT2D eigenvalue weighted by molar-refractivity contribution is 0.340. The van der Waals surface area contributed by atoms with E-state index in [1.54, 1.807) is 12.1 Å². The fraction of sp³-hybridized carbons (Fsp3) is 0.250. The molecular weight excluding hydrogens is 263 g/mol. The summed E-state index contributed by atoms with van der Waals surface area (Å²) >= 11 is 6.33. The van der Waals surface area contributed by atoms with Crippen molar-refractivity contribution in [2.45, 2.75) is 18.7 Å². The Morgan fingerprint density at radius 1 is 1.11 bits per heavy atom. The average molecular weight is 279 g/mol. The van der Waals surface area contributed by atoms with Crippen molar-refractivity contribution in [3.8, 4) is 5.75 Å². The standard InChI is InChI=1S/C16H16ClFO/c1-2-19-14-9-7-12(8-10-14)15(17)11-13-5-3-4-6-16(13)18/h3-10,15H,2,11H2,1H3. The van der Waals surface area contributed by atoms with Gasteiger partial charge in [0.25, 0.3) is 0 Å². The number of benzene rings is 2. The minimum absolute atomic E-state index is 0.209. The maximum absolute atomic E-state index is 13.6. The molecule has 0 fully saturated rings. The second-order valence-electron chi connectivity index (χ2n) is 4.27. The van der Waals surface area contributed by atoms with Crippen LogP contribution in [0.3, 0.4) is 0 Å². The van der Waals surface area contributed by atoms with Crippen LogP contribution >= 0.6 is 11.6 Å². The molecular formula is C16H16ClFO. The van der Waals surface area contributed by atoms with Crippen molar-refractivity contribution in [1.29, 1.82) is 0 Å². The van der Waals surface area contributed by atoms with Crippen LogP contribution in [-0.4, -0.2) is 6.61 Å². The third-order valence-corrected chi connectivity index (χ3v) is 3.32. The lowest BCUT2D eigenvalue weighted by atomic mass is 10.0. The van der Waals surface area contributed by atoms with Gasteiger partial charge in [-0.1, -0.05) is 30.3 Å². The zero-order valence-corrected chi connectivity index (χ0v) is 11.5. The van der Waals surface area contributed by atoms with Gasteiger partial charge < -0.3 is 4.74 Å². The second-order valence-corrected chi connectivity index (χ2v) is 4.79. The number of hydrogen-bond donors (Lipinski definition) is 0. The van der Waals surface area contributed by atoms with E-state index in [-0.39, 0.29) is 11.2 Å². The van der Waals surface area contributed by atoms with Gasteiger partial charge in [-0.25, -0.2) is 4.39 Å². The largest absolute Gasteiger partial charge is 0.494 e.